The SMILES string of the molecule is CC(C)(C)C(=O)C(=C(CC(C)(C)C(=O)C(=Cc1ccc(Cl)cc1)n1cncn1)c1ccc(Cl)cc1Cl)n1cncn1. The van der Waals surface area contributed by atoms with Crippen LogP contribution in [0, 0.1) is 10.8 Å². The van der Waals surface area contributed by atoms with E-state index in [1.807, 2.05) is 46.8 Å². The van der Waals surface area contributed by atoms with Crippen LogP contribution in [0.15, 0.2) is 67.8 Å². The van der Waals surface area contributed by atoms with Gasteiger partial charge in [-0.05, 0) is 53.5 Å². The molecule has 0 N–H and O–H groups in total. The van der Waals surface area contributed by atoms with Crippen LogP contribution in [0.5, 0.6) is 0 Å². The van der Waals surface area contributed by atoms with Gasteiger partial charge in [-0.15, -0.1) is 0 Å². The molecule has 0 radical (unpaired) electrons. The molecule has 0 saturated heterocycles. The van der Waals surface area contributed by atoms with E-state index in [9.17, 15) is 9.59 Å². The standard InChI is InChI=1S/C30H29Cl3N6O2/c1-29(2,3)28(41)26(39-18-35-16-37-39)23(22-11-10-21(32)13-24(22)33)14-30(4,5)27(40)25(38-17-34-15-36-38)12-19-6-8-20(31)9-7-19/h6-13,15-18H,14H2,1-5H3. The zero-order chi connectivity index (χ0) is 29.9. The Labute approximate surface area is 253 Å². The Morgan fingerprint density at radius 2 is 1.39 bits per heavy atom. The Morgan fingerprint density at radius 3 is 1.93 bits per heavy atom. The summed E-state index contributed by atoms with van der Waals surface area (Å²) >= 11 is 19.0. The summed E-state index contributed by atoms with van der Waals surface area (Å²) in [7, 11) is 0. The van der Waals surface area contributed by atoms with Crippen LogP contribution in [-0.4, -0.2) is 41.1 Å². The van der Waals surface area contributed by atoms with E-state index >= 15 is 0 Å². The number of ketones is 2. The number of allylic oxidation sites excluding steroid dienone is 3. The third-order valence-corrected chi connectivity index (χ3v) is 7.19. The van der Waals surface area contributed by atoms with Crippen molar-refractivity contribution in [3.05, 3.63) is 94.0 Å². The van der Waals surface area contributed by atoms with Crippen molar-refractivity contribution >= 4 is 69.4 Å². The summed E-state index contributed by atoms with van der Waals surface area (Å²) in [6.45, 7) is 9.09. The van der Waals surface area contributed by atoms with Gasteiger partial charge in [0.05, 0.1) is 0 Å². The van der Waals surface area contributed by atoms with Gasteiger partial charge < -0.3 is 0 Å². The van der Waals surface area contributed by atoms with E-state index in [1.54, 1.807) is 36.4 Å². The summed E-state index contributed by atoms with van der Waals surface area (Å²) in [5.41, 5.74) is 0.563. The number of hydrogen-bond donors (Lipinski definition) is 0. The summed E-state index contributed by atoms with van der Waals surface area (Å²) in [5.74, 6) is -0.429. The fourth-order valence-corrected chi connectivity index (χ4v) is 4.90. The van der Waals surface area contributed by atoms with Crippen LogP contribution >= 0.6 is 34.8 Å². The van der Waals surface area contributed by atoms with Gasteiger partial charge in [-0.3, -0.25) is 9.59 Å². The van der Waals surface area contributed by atoms with E-state index in [2.05, 4.69) is 20.2 Å². The van der Waals surface area contributed by atoms with Crippen LogP contribution in [0.25, 0.3) is 23.0 Å². The van der Waals surface area contributed by atoms with Crippen LogP contribution in [0.4, 0.5) is 0 Å². The molecular formula is C30H29Cl3N6O2. The lowest BCUT2D eigenvalue weighted by molar-refractivity contribution is -0.122. The molecule has 0 unspecified atom stereocenters. The number of carbonyl (C=O) groups excluding carboxylic acids is 2. The molecule has 0 spiro atoms. The van der Waals surface area contributed by atoms with Crippen molar-refractivity contribution in [3.8, 4) is 0 Å². The minimum atomic E-state index is -1.06. The first kappa shape index (κ1) is 30.4. The molecule has 0 amide bonds. The van der Waals surface area contributed by atoms with E-state index in [-0.39, 0.29) is 23.7 Å². The van der Waals surface area contributed by atoms with Crippen LogP contribution in [0.2, 0.25) is 15.1 Å². The summed E-state index contributed by atoms with van der Waals surface area (Å²) in [6, 6.07) is 12.2. The molecule has 0 atom stereocenters. The first-order chi connectivity index (χ1) is 19.3. The fraction of sp³-hybridized carbons (Fsp3) is 0.267. The number of halogens is 3. The van der Waals surface area contributed by atoms with Crippen molar-refractivity contribution in [1.29, 1.82) is 0 Å². The number of benzene rings is 2. The lowest BCUT2D eigenvalue weighted by Gasteiger charge is -2.29. The van der Waals surface area contributed by atoms with Gasteiger partial charge in [-0.1, -0.05) is 87.6 Å². The zero-order valence-corrected chi connectivity index (χ0v) is 25.5. The third kappa shape index (κ3) is 7.01. The predicted octanol–water partition coefficient (Wildman–Crippen LogP) is 7.50. The van der Waals surface area contributed by atoms with Crippen molar-refractivity contribution in [2.75, 3.05) is 0 Å². The Morgan fingerprint density at radius 1 is 0.805 bits per heavy atom. The molecule has 4 rings (SSSR count). The third-order valence-electron chi connectivity index (χ3n) is 6.39. The van der Waals surface area contributed by atoms with Gasteiger partial charge in [0.15, 0.2) is 11.6 Å². The second-order valence-electron chi connectivity index (χ2n) is 11.2. The molecule has 212 valence electrons. The smallest absolute Gasteiger partial charge is 0.187 e. The average molecular weight is 612 g/mol. The van der Waals surface area contributed by atoms with Gasteiger partial charge >= 0.3 is 0 Å². The first-order valence-corrected chi connectivity index (χ1v) is 13.9. The Bertz CT molecular complexity index is 1620. The van der Waals surface area contributed by atoms with E-state index in [4.69, 9.17) is 34.8 Å². The molecule has 0 fully saturated rings. The van der Waals surface area contributed by atoms with E-state index in [0.29, 0.717) is 31.9 Å². The van der Waals surface area contributed by atoms with Crippen LogP contribution in [0.1, 0.15) is 52.2 Å². The molecule has 8 nitrogen and oxygen atoms in total. The van der Waals surface area contributed by atoms with Crippen molar-refractivity contribution in [2.24, 2.45) is 10.8 Å². The highest BCUT2D eigenvalue weighted by molar-refractivity contribution is 6.37. The summed E-state index contributed by atoms with van der Waals surface area (Å²) in [4.78, 5) is 36.4. The quantitative estimate of drug-likeness (QED) is 0.182. The Kier molecular flexibility index (Phi) is 8.97. The lowest BCUT2D eigenvalue weighted by Crippen LogP contribution is -2.30. The van der Waals surface area contributed by atoms with Crippen molar-refractivity contribution in [3.63, 3.8) is 0 Å². The molecule has 0 aliphatic carbocycles. The molecule has 11 heteroatoms. The number of hydrogen-bond acceptors (Lipinski definition) is 6. The van der Waals surface area contributed by atoms with Crippen molar-refractivity contribution in [1.82, 2.24) is 29.5 Å². The maximum Gasteiger partial charge on any atom is 0.187 e. The molecule has 0 aliphatic heterocycles. The second-order valence-corrected chi connectivity index (χ2v) is 12.5. The monoisotopic (exact) mass is 610 g/mol. The van der Waals surface area contributed by atoms with Crippen molar-refractivity contribution < 1.29 is 9.59 Å². The maximum atomic E-state index is 14.3. The molecule has 4 aromatic rings. The van der Waals surface area contributed by atoms with Crippen molar-refractivity contribution in [2.45, 2.75) is 41.0 Å². The van der Waals surface area contributed by atoms with Gasteiger partial charge in [-0.25, -0.2) is 19.3 Å². The van der Waals surface area contributed by atoms with Gasteiger partial charge in [0.2, 0.25) is 0 Å². The summed E-state index contributed by atoms with van der Waals surface area (Å²) in [6.07, 6.45) is 7.49. The largest absolute Gasteiger partial charge is 0.292 e. The maximum absolute atomic E-state index is 14.3. The fourth-order valence-electron chi connectivity index (χ4n) is 4.25. The molecule has 2 aromatic carbocycles. The highest BCUT2D eigenvalue weighted by atomic mass is 35.5. The molecule has 0 bridgehead atoms. The molecule has 2 aromatic heterocycles. The van der Waals surface area contributed by atoms with Gasteiger partial charge in [-0.2, -0.15) is 10.2 Å². The average Bonchev–Trinajstić information content (AvgIpc) is 3.62. The summed E-state index contributed by atoms with van der Waals surface area (Å²) < 4.78 is 2.85. The first-order valence-electron chi connectivity index (χ1n) is 12.7. The topological polar surface area (TPSA) is 95.6 Å². The number of carbonyl (C=O) groups is 2. The molecule has 2 heterocycles. The van der Waals surface area contributed by atoms with Crippen LogP contribution in [0.3, 0.4) is 0 Å². The number of rotatable bonds is 9. The lowest BCUT2D eigenvalue weighted by atomic mass is 9.76. The van der Waals surface area contributed by atoms with E-state index < -0.39 is 10.8 Å². The van der Waals surface area contributed by atoms with Gasteiger partial charge in [0.25, 0.3) is 0 Å². The highest BCUT2D eigenvalue weighted by Gasteiger charge is 2.37. The second kappa shape index (κ2) is 12.1. The minimum absolute atomic E-state index is 0.122. The highest BCUT2D eigenvalue weighted by Crippen LogP contribution is 2.42. The zero-order valence-electron chi connectivity index (χ0n) is 23.3. The van der Waals surface area contributed by atoms with E-state index in [1.165, 1.54) is 34.7 Å². The Balaban J connectivity index is 1.91. The number of aromatic nitrogens is 6. The minimum Gasteiger partial charge on any atom is -0.292 e. The van der Waals surface area contributed by atoms with Crippen LogP contribution < -0.4 is 0 Å². The Hall–Kier alpha value is -3.59. The molecule has 41 heavy (non-hydrogen) atoms. The number of nitrogens with zero attached hydrogens (tertiary/aromatic N) is 6. The van der Waals surface area contributed by atoms with Crippen LogP contribution in [-0.2, 0) is 9.59 Å². The molecule has 0 aliphatic rings. The molecule has 0 saturated carbocycles. The van der Waals surface area contributed by atoms with Gasteiger partial charge in [0.1, 0.15) is 36.7 Å². The predicted molar refractivity (Wildman–Crippen MR) is 163 cm³/mol. The normalized spacial score (nSPS) is 13.2. The van der Waals surface area contributed by atoms with E-state index in [0.717, 1.165) is 5.56 Å². The number of Topliss-reactive ketones (excluding diaryl/α,β-unsaturated/α-hetero) is 2. The van der Waals surface area contributed by atoms with Gasteiger partial charge in [0, 0.05) is 25.9 Å². The summed E-state index contributed by atoms with van der Waals surface area (Å²) in [5, 5.41) is 9.87. The molecular weight excluding hydrogens is 583 g/mol.